The van der Waals surface area contributed by atoms with Crippen LogP contribution in [0.15, 0.2) is 0 Å². The first-order valence-electron chi connectivity index (χ1n) is 8.29. The zero-order chi connectivity index (χ0) is 16.0. The summed E-state index contributed by atoms with van der Waals surface area (Å²) < 4.78 is 5.86. The predicted octanol–water partition coefficient (Wildman–Crippen LogP) is 5.60. The van der Waals surface area contributed by atoms with Crippen molar-refractivity contribution in [3.8, 4) is 0 Å². The van der Waals surface area contributed by atoms with Crippen molar-refractivity contribution in [2.24, 2.45) is 16.7 Å². The van der Waals surface area contributed by atoms with Gasteiger partial charge in [-0.15, -0.1) is 0 Å². The van der Waals surface area contributed by atoms with Crippen LogP contribution in [-0.4, -0.2) is 12.1 Å². The molecule has 2 nitrogen and oxygen atoms in total. The van der Waals surface area contributed by atoms with Gasteiger partial charge in [0.25, 0.3) is 0 Å². The molecular weight excluding hydrogens is 248 g/mol. The summed E-state index contributed by atoms with van der Waals surface area (Å²) in [5.74, 6) is 0.476. The van der Waals surface area contributed by atoms with E-state index in [1.165, 1.54) is 0 Å². The van der Waals surface area contributed by atoms with Gasteiger partial charge in [0.2, 0.25) is 0 Å². The van der Waals surface area contributed by atoms with Crippen LogP contribution in [0.25, 0.3) is 0 Å². The highest BCUT2D eigenvalue weighted by Gasteiger charge is 2.46. The molecule has 0 spiro atoms. The third-order valence-corrected chi connectivity index (χ3v) is 4.53. The monoisotopic (exact) mass is 284 g/mol. The van der Waals surface area contributed by atoms with Crippen molar-refractivity contribution in [2.75, 3.05) is 0 Å². The van der Waals surface area contributed by atoms with Gasteiger partial charge in [0.05, 0.1) is 5.41 Å². The van der Waals surface area contributed by atoms with Gasteiger partial charge in [-0.3, -0.25) is 4.79 Å². The molecule has 0 bridgehead atoms. The second-order valence-electron chi connectivity index (χ2n) is 7.76. The van der Waals surface area contributed by atoms with E-state index in [4.69, 9.17) is 4.74 Å². The minimum Gasteiger partial charge on any atom is -0.462 e. The van der Waals surface area contributed by atoms with Crippen LogP contribution in [0.4, 0.5) is 0 Å². The highest BCUT2D eigenvalue weighted by molar-refractivity contribution is 5.77. The molecule has 20 heavy (non-hydrogen) atoms. The fraction of sp³-hybridized carbons (Fsp3) is 0.944. The zero-order valence-electron chi connectivity index (χ0n) is 15.0. The number of esters is 1. The van der Waals surface area contributed by atoms with Crippen molar-refractivity contribution >= 4 is 5.97 Å². The summed E-state index contributed by atoms with van der Waals surface area (Å²) in [6.45, 7) is 17.1. The summed E-state index contributed by atoms with van der Waals surface area (Å²) in [5, 5.41) is 0. The topological polar surface area (TPSA) is 26.3 Å². The van der Waals surface area contributed by atoms with Gasteiger partial charge in [-0.05, 0) is 37.5 Å². The van der Waals surface area contributed by atoms with Crippen molar-refractivity contribution in [1.82, 2.24) is 0 Å². The Morgan fingerprint density at radius 1 is 1.10 bits per heavy atom. The van der Waals surface area contributed by atoms with Gasteiger partial charge < -0.3 is 4.74 Å². The molecule has 0 aliphatic carbocycles. The molecular formula is C18H36O2. The summed E-state index contributed by atoms with van der Waals surface area (Å²) in [6, 6.07) is 0. The third-order valence-electron chi connectivity index (χ3n) is 4.53. The van der Waals surface area contributed by atoms with Crippen molar-refractivity contribution in [3.05, 3.63) is 0 Å². The van der Waals surface area contributed by atoms with E-state index in [0.717, 1.165) is 32.1 Å². The molecule has 2 atom stereocenters. The van der Waals surface area contributed by atoms with Crippen LogP contribution in [-0.2, 0) is 9.53 Å². The van der Waals surface area contributed by atoms with E-state index >= 15 is 0 Å². The van der Waals surface area contributed by atoms with Gasteiger partial charge in [-0.1, -0.05) is 61.3 Å². The lowest BCUT2D eigenvalue weighted by atomic mass is 9.64. The van der Waals surface area contributed by atoms with Gasteiger partial charge in [0.15, 0.2) is 0 Å². The fourth-order valence-electron chi connectivity index (χ4n) is 2.57. The minimum atomic E-state index is -0.416. The Hall–Kier alpha value is -0.530. The van der Waals surface area contributed by atoms with Crippen LogP contribution >= 0.6 is 0 Å². The minimum absolute atomic E-state index is 0.0124. The Bertz CT molecular complexity index is 288. The summed E-state index contributed by atoms with van der Waals surface area (Å²) in [4.78, 5) is 12.8. The van der Waals surface area contributed by atoms with E-state index in [-0.39, 0.29) is 17.5 Å². The quantitative estimate of drug-likeness (QED) is 0.542. The van der Waals surface area contributed by atoms with E-state index in [1.54, 1.807) is 0 Å². The third kappa shape index (κ3) is 5.46. The molecule has 120 valence electrons. The number of rotatable bonds is 8. The van der Waals surface area contributed by atoms with Gasteiger partial charge >= 0.3 is 5.97 Å². The summed E-state index contributed by atoms with van der Waals surface area (Å²) in [6.07, 6.45) is 5.13. The molecule has 0 aromatic rings. The molecule has 0 fully saturated rings. The molecule has 0 amide bonds. The second kappa shape index (κ2) is 8.05. The first-order chi connectivity index (χ1) is 9.08. The maximum atomic E-state index is 12.8. The number of hydrogen-bond donors (Lipinski definition) is 0. The lowest BCUT2D eigenvalue weighted by Gasteiger charge is -2.41. The van der Waals surface area contributed by atoms with E-state index in [0.29, 0.717) is 5.92 Å². The average Bonchev–Trinajstić information content (AvgIpc) is 2.31. The highest BCUT2D eigenvalue weighted by atomic mass is 16.5. The smallest absolute Gasteiger partial charge is 0.312 e. The molecule has 0 heterocycles. The molecule has 0 saturated carbocycles. The molecule has 0 saturated heterocycles. The van der Waals surface area contributed by atoms with Gasteiger partial charge in [-0.25, -0.2) is 0 Å². The number of hydrogen-bond acceptors (Lipinski definition) is 2. The van der Waals surface area contributed by atoms with Crippen molar-refractivity contribution < 1.29 is 9.53 Å². The summed E-state index contributed by atoms with van der Waals surface area (Å²) >= 11 is 0. The summed E-state index contributed by atoms with van der Waals surface area (Å²) in [7, 11) is 0. The molecule has 0 N–H and O–H groups in total. The Balaban J connectivity index is 4.96. The molecule has 0 radical (unpaired) electrons. The van der Waals surface area contributed by atoms with Crippen molar-refractivity contribution in [3.63, 3.8) is 0 Å². The first kappa shape index (κ1) is 19.5. The second-order valence-corrected chi connectivity index (χ2v) is 7.76. The normalized spacial score (nSPS) is 16.9. The fourth-order valence-corrected chi connectivity index (χ4v) is 2.57. The van der Waals surface area contributed by atoms with Crippen LogP contribution in [0.2, 0.25) is 0 Å². The summed E-state index contributed by atoms with van der Waals surface area (Å²) in [5.41, 5.74) is -0.502. The first-order valence-corrected chi connectivity index (χ1v) is 8.29. The standard InChI is InChI=1S/C18H36O2/c1-9-11-12-15(10-2)20-16(19)18(8,13-14(3)4)17(5,6)7/h14-15H,9-13H2,1-8H3. The molecule has 0 aromatic heterocycles. The van der Waals surface area contributed by atoms with Crippen LogP contribution < -0.4 is 0 Å². The predicted molar refractivity (Wildman–Crippen MR) is 86.7 cm³/mol. The van der Waals surface area contributed by atoms with Gasteiger partial charge in [-0.2, -0.15) is 0 Å². The lowest BCUT2D eigenvalue weighted by Crippen LogP contribution is -2.44. The maximum absolute atomic E-state index is 12.8. The van der Waals surface area contributed by atoms with Gasteiger partial charge in [0, 0.05) is 0 Å². The Kier molecular flexibility index (Phi) is 7.83. The van der Waals surface area contributed by atoms with E-state index < -0.39 is 5.41 Å². The van der Waals surface area contributed by atoms with Crippen LogP contribution in [0.3, 0.4) is 0 Å². The van der Waals surface area contributed by atoms with Crippen LogP contribution in [0, 0.1) is 16.7 Å². The SMILES string of the molecule is CCCCC(CC)OC(=O)C(C)(CC(C)C)C(C)(C)C. The van der Waals surface area contributed by atoms with Crippen LogP contribution in [0.5, 0.6) is 0 Å². The van der Waals surface area contributed by atoms with Crippen LogP contribution in [0.1, 0.15) is 87.5 Å². The largest absolute Gasteiger partial charge is 0.462 e. The molecule has 0 aromatic carbocycles. The molecule has 0 aliphatic rings. The number of ether oxygens (including phenoxy) is 1. The van der Waals surface area contributed by atoms with Crippen molar-refractivity contribution in [1.29, 1.82) is 0 Å². The number of carbonyl (C=O) groups excluding carboxylic acids is 1. The lowest BCUT2D eigenvalue weighted by molar-refractivity contribution is -0.169. The highest BCUT2D eigenvalue weighted by Crippen LogP contribution is 2.44. The number of unbranched alkanes of at least 4 members (excludes halogenated alkanes) is 1. The average molecular weight is 284 g/mol. The molecule has 0 rings (SSSR count). The molecule has 2 heteroatoms. The van der Waals surface area contributed by atoms with E-state index in [1.807, 2.05) is 0 Å². The zero-order valence-corrected chi connectivity index (χ0v) is 15.0. The Morgan fingerprint density at radius 3 is 2.00 bits per heavy atom. The number of carbonyl (C=O) groups is 1. The molecule has 0 aliphatic heterocycles. The Labute approximate surface area is 126 Å². The van der Waals surface area contributed by atoms with E-state index in [2.05, 4.69) is 55.4 Å². The molecule has 2 unspecified atom stereocenters. The van der Waals surface area contributed by atoms with Gasteiger partial charge in [0.1, 0.15) is 6.10 Å². The van der Waals surface area contributed by atoms with Crippen molar-refractivity contribution in [2.45, 2.75) is 93.6 Å². The maximum Gasteiger partial charge on any atom is 0.312 e. The van der Waals surface area contributed by atoms with E-state index in [9.17, 15) is 4.79 Å². The Morgan fingerprint density at radius 2 is 1.65 bits per heavy atom.